The van der Waals surface area contributed by atoms with E-state index in [0.717, 1.165) is 5.56 Å². The van der Waals surface area contributed by atoms with E-state index in [2.05, 4.69) is 39.2 Å². The smallest absolute Gasteiger partial charge is 0.304 e. The average Bonchev–Trinajstić information content (AvgIpc) is 2.17. The molecule has 0 saturated carbocycles. The fourth-order valence-corrected chi connectivity index (χ4v) is 1.03. The Labute approximate surface area is 91.9 Å². The number of nitrogens with zero attached hydrogens (tertiary/aromatic N) is 1. The van der Waals surface area contributed by atoms with E-state index in [1.54, 1.807) is 24.4 Å². The van der Waals surface area contributed by atoms with Gasteiger partial charge in [-0.3, -0.25) is 0 Å². The number of hydrogen-bond acceptors (Lipinski definition) is 5. The highest BCUT2D eigenvalue weighted by atomic mass is 35.5. The molecule has 1 aromatic heterocycles. The summed E-state index contributed by atoms with van der Waals surface area (Å²) in [5, 5.41) is 0.428. The molecule has 3 nitrogen and oxygen atoms in total. The molecule has 0 aliphatic carbocycles. The second-order valence-corrected chi connectivity index (χ2v) is 2.81. The first-order chi connectivity index (χ1) is 6.26. The molecule has 0 N–H and O–H groups in total. The molecule has 6 heteroatoms. The summed E-state index contributed by atoms with van der Waals surface area (Å²) in [5.74, 6) is 0.163. The van der Waals surface area contributed by atoms with Crippen LogP contribution in [0.15, 0.2) is 24.3 Å². The van der Waals surface area contributed by atoms with Gasteiger partial charge in [0.1, 0.15) is 5.15 Å². The maximum absolute atomic E-state index is 5.59. The molecule has 1 aromatic rings. The molecule has 0 amide bonds. The third-order valence-electron chi connectivity index (χ3n) is 1.21. The highest BCUT2D eigenvalue weighted by molar-refractivity contribution is 7.75. The standard InChI is InChI=1S/C7H6ClNO2S2/c8-6-2-1-5(4-9-6)3-7(10-12)11-13/h1-4,12-13H. The summed E-state index contributed by atoms with van der Waals surface area (Å²) >= 11 is 12.7. The van der Waals surface area contributed by atoms with Gasteiger partial charge in [0.25, 0.3) is 0 Å². The molecule has 0 aliphatic rings. The number of aromatic nitrogens is 1. The Balaban J connectivity index is 2.84. The predicted molar refractivity (Wildman–Crippen MR) is 57.4 cm³/mol. The van der Waals surface area contributed by atoms with E-state index in [0.29, 0.717) is 5.15 Å². The van der Waals surface area contributed by atoms with Crippen molar-refractivity contribution in [3.63, 3.8) is 0 Å². The Morgan fingerprint density at radius 3 is 2.54 bits per heavy atom. The Hall–Kier alpha value is -0.520. The summed E-state index contributed by atoms with van der Waals surface area (Å²) in [4.78, 5) is 3.86. The quantitative estimate of drug-likeness (QED) is 0.366. The molecule has 0 unspecified atom stereocenters. The van der Waals surface area contributed by atoms with E-state index < -0.39 is 0 Å². The van der Waals surface area contributed by atoms with Gasteiger partial charge in [-0.1, -0.05) is 17.7 Å². The van der Waals surface area contributed by atoms with Gasteiger partial charge in [0.05, 0.1) is 0 Å². The van der Waals surface area contributed by atoms with Gasteiger partial charge in [0.2, 0.25) is 0 Å². The zero-order valence-electron chi connectivity index (χ0n) is 6.35. The summed E-state index contributed by atoms with van der Waals surface area (Å²) in [6, 6.07) is 3.41. The van der Waals surface area contributed by atoms with E-state index in [-0.39, 0.29) is 5.95 Å². The van der Waals surface area contributed by atoms with Crippen molar-refractivity contribution in [2.75, 3.05) is 0 Å². The Morgan fingerprint density at radius 2 is 2.08 bits per heavy atom. The van der Waals surface area contributed by atoms with Crippen molar-refractivity contribution in [3.8, 4) is 0 Å². The van der Waals surface area contributed by atoms with Crippen LogP contribution in [0.3, 0.4) is 0 Å². The zero-order valence-corrected chi connectivity index (χ0v) is 8.89. The summed E-state index contributed by atoms with van der Waals surface area (Å²) in [7, 11) is 0. The lowest BCUT2D eigenvalue weighted by Gasteiger charge is -1.99. The van der Waals surface area contributed by atoms with Gasteiger partial charge >= 0.3 is 5.95 Å². The number of thiol groups is 2. The third kappa shape index (κ3) is 3.38. The molecule has 0 aliphatic heterocycles. The Kier molecular flexibility index (Phi) is 4.27. The van der Waals surface area contributed by atoms with Crippen LogP contribution in [0.25, 0.3) is 6.08 Å². The molecule has 0 atom stereocenters. The topological polar surface area (TPSA) is 31.4 Å². The van der Waals surface area contributed by atoms with Crippen LogP contribution in [-0.2, 0) is 8.37 Å². The van der Waals surface area contributed by atoms with Gasteiger partial charge in [-0.25, -0.2) is 4.98 Å². The summed E-state index contributed by atoms with van der Waals surface area (Å²) in [6.45, 7) is 0. The predicted octanol–water partition coefficient (Wildman–Crippen LogP) is 2.76. The van der Waals surface area contributed by atoms with Crippen LogP contribution >= 0.6 is 37.4 Å². The lowest BCUT2D eigenvalue weighted by molar-refractivity contribution is 0.299. The van der Waals surface area contributed by atoms with E-state index >= 15 is 0 Å². The number of pyridine rings is 1. The molecule has 0 spiro atoms. The minimum atomic E-state index is 0.163. The molecule has 13 heavy (non-hydrogen) atoms. The molecule has 70 valence electrons. The van der Waals surface area contributed by atoms with E-state index in [4.69, 9.17) is 11.6 Å². The maximum atomic E-state index is 5.59. The molecule has 0 saturated heterocycles. The monoisotopic (exact) mass is 235 g/mol. The fraction of sp³-hybridized carbons (Fsp3) is 0. The van der Waals surface area contributed by atoms with E-state index in [1.165, 1.54) is 0 Å². The van der Waals surface area contributed by atoms with Crippen LogP contribution in [0.2, 0.25) is 5.15 Å². The molecule has 1 heterocycles. The third-order valence-corrected chi connectivity index (χ3v) is 1.80. The van der Waals surface area contributed by atoms with Crippen molar-refractivity contribution in [2.24, 2.45) is 0 Å². The Morgan fingerprint density at radius 1 is 1.38 bits per heavy atom. The molecule has 1 rings (SSSR count). The molecular weight excluding hydrogens is 230 g/mol. The van der Waals surface area contributed by atoms with Gasteiger partial charge < -0.3 is 8.37 Å². The van der Waals surface area contributed by atoms with Gasteiger partial charge in [-0.2, -0.15) is 0 Å². The number of rotatable bonds is 3. The second kappa shape index (κ2) is 5.26. The molecule has 0 aromatic carbocycles. The number of halogens is 1. The van der Waals surface area contributed by atoms with Gasteiger partial charge in [-0.15, -0.1) is 0 Å². The van der Waals surface area contributed by atoms with E-state index in [1.807, 2.05) is 0 Å². The fourth-order valence-electron chi connectivity index (χ4n) is 0.678. The van der Waals surface area contributed by atoms with Crippen LogP contribution in [0.1, 0.15) is 5.56 Å². The maximum Gasteiger partial charge on any atom is 0.304 e. The highest BCUT2D eigenvalue weighted by Gasteiger charge is 1.96. The van der Waals surface area contributed by atoms with Gasteiger partial charge in [0, 0.05) is 38.1 Å². The molecule has 0 radical (unpaired) electrons. The first-order valence-electron chi connectivity index (χ1n) is 3.22. The SMILES string of the molecule is SOC(=Cc1ccc(Cl)nc1)OS. The minimum absolute atomic E-state index is 0.163. The van der Waals surface area contributed by atoms with Gasteiger partial charge in [-0.05, 0) is 11.6 Å². The molecule has 0 fully saturated rings. The first-order valence-corrected chi connectivity index (χ1v) is 4.33. The second-order valence-electron chi connectivity index (χ2n) is 2.06. The van der Waals surface area contributed by atoms with Crippen LogP contribution in [0.4, 0.5) is 0 Å². The lowest BCUT2D eigenvalue weighted by Crippen LogP contribution is -1.83. The summed E-state index contributed by atoms with van der Waals surface area (Å²) in [5.41, 5.74) is 0.780. The summed E-state index contributed by atoms with van der Waals surface area (Å²) < 4.78 is 9.06. The molecular formula is C7H6ClNO2S2. The van der Waals surface area contributed by atoms with Crippen molar-refractivity contribution in [3.05, 3.63) is 35.0 Å². The first kappa shape index (κ1) is 10.6. The zero-order chi connectivity index (χ0) is 9.68. The van der Waals surface area contributed by atoms with E-state index in [9.17, 15) is 0 Å². The molecule has 0 bridgehead atoms. The van der Waals surface area contributed by atoms with Crippen molar-refractivity contribution in [2.45, 2.75) is 0 Å². The highest BCUT2D eigenvalue weighted by Crippen LogP contribution is 2.12. The largest absolute Gasteiger partial charge is 0.394 e. The lowest BCUT2D eigenvalue weighted by atomic mass is 10.3. The van der Waals surface area contributed by atoms with Crippen LogP contribution < -0.4 is 0 Å². The van der Waals surface area contributed by atoms with Crippen molar-refractivity contribution < 1.29 is 8.37 Å². The normalized spacial score (nSPS) is 9.15. The summed E-state index contributed by atoms with van der Waals surface area (Å²) in [6.07, 6.45) is 3.14. The van der Waals surface area contributed by atoms with Crippen LogP contribution in [-0.4, -0.2) is 4.98 Å². The van der Waals surface area contributed by atoms with Crippen LogP contribution in [0.5, 0.6) is 0 Å². The number of hydrogen-bond donors (Lipinski definition) is 2. The van der Waals surface area contributed by atoms with Crippen molar-refractivity contribution in [1.29, 1.82) is 0 Å². The van der Waals surface area contributed by atoms with Crippen LogP contribution in [0, 0.1) is 0 Å². The average molecular weight is 236 g/mol. The van der Waals surface area contributed by atoms with Gasteiger partial charge in [0.15, 0.2) is 0 Å². The van der Waals surface area contributed by atoms with Crippen molar-refractivity contribution in [1.82, 2.24) is 4.98 Å². The Bertz CT molecular complexity index is 296. The minimum Gasteiger partial charge on any atom is -0.394 e. The van der Waals surface area contributed by atoms with Crippen molar-refractivity contribution >= 4 is 43.5 Å².